The first-order valence-corrected chi connectivity index (χ1v) is 11.0. The summed E-state index contributed by atoms with van der Waals surface area (Å²) in [4.78, 5) is 17.1. The summed E-state index contributed by atoms with van der Waals surface area (Å²) in [7, 11) is -3.84. The van der Waals surface area contributed by atoms with E-state index >= 15 is 0 Å². The van der Waals surface area contributed by atoms with Crippen molar-refractivity contribution in [2.45, 2.75) is 49.7 Å². The van der Waals surface area contributed by atoms with Crippen LogP contribution >= 0.6 is 27.3 Å². The molecule has 2 rings (SSSR count). The van der Waals surface area contributed by atoms with Gasteiger partial charge in [0.15, 0.2) is 15.0 Å². The maximum atomic E-state index is 12.9. The van der Waals surface area contributed by atoms with Crippen molar-refractivity contribution in [1.82, 2.24) is 4.98 Å². The summed E-state index contributed by atoms with van der Waals surface area (Å²) in [5, 5.41) is 4.95. The average molecular weight is 445 g/mol. The topological polar surface area (TPSA) is 76.1 Å². The van der Waals surface area contributed by atoms with E-state index in [1.807, 2.05) is 5.38 Å². The highest BCUT2D eigenvalue weighted by molar-refractivity contribution is 9.10. The molecule has 2 aromatic rings. The van der Waals surface area contributed by atoms with Gasteiger partial charge in [0.05, 0.1) is 10.6 Å². The van der Waals surface area contributed by atoms with Crippen molar-refractivity contribution in [2.24, 2.45) is 0 Å². The Bertz CT molecular complexity index is 858. The van der Waals surface area contributed by atoms with Crippen molar-refractivity contribution in [3.63, 3.8) is 0 Å². The lowest BCUT2D eigenvalue weighted by Gasteiger charge is -2.23. The minimum atomic E-state index is -3.84. The molecule has 0 spiro atoms. The Balaban J connectivity index is 2.24. The molecule has 0 saturated heterocycles. The molecule has 1 N–H and O–H groups in total. The molecule has 136 valence electrons. The van der Waals surface area contributed by atoms with Crippen LogP contribution in [0.2, 0.25) is 0 Å². The van der Waals surface area contributed by atoms with Crippen molar-refractivity contribution in [2.75, 3.05) is 5.32 Å². The van der Waals surface area contributed by atoms with Crippen LogP contribution in [0.1, 0.15) is 45.7 Å². The highest BCUT2D eigenvalue weighted by atomic mass is 79.9. The molecule has 25 heavy (non-hydrogen) atoms. The SMILES string of the molecule is CCC(C)c1csc(NC(=O)C(C)(C)S(=O)(=O)c2ccc(Br)cc2)n1. The third-order valence-electron chi connectivity index (χ3n) is 4.20. The zero-order valence-electron chi connectivity index (χ0n) is 14.5. The molecule has 1 unspecified atom stereocenters. The predicted molar refractivity (Wildman–Crippen MR) is 105 cm³/mol. The summed E-state index contributed by atoms with van der Waals surface area (Å²) < 4.78 is 24.9. The second-order valence-corrected chi connectivity index (χ2v) is 10.6. The number of nitrogens with one attached hydrogen (secondary N) is 1. The van der Waals surface area contributed by atoms with E-state index in [-0.39, 0.29) is 4.90 Å². The molecule has 5 nitrogen and oxygen atoms in total. The molecule has 0 aliphatic heterocycles. The van der Waals surface area contributed by atoms with Gasteiger partial charge in [0.25, 0.3) is 0 Å². The maximum Gasteiger partial charge on any atom is 0.247 e. The minimum absolute atomic E-state index is 0.107. The molecule has 1 heterocycles. The molecular weight excluding hydrogens is 424 g/mol. The van der Waals surface area contributed by atoms with Crippen LogP contribution in [0.5, 0.6) is 0 Å². The average Bonchev–Trinajstić information content (AvgIpc) is 3.02. The van der Waals surface area contributed by atoms with Crippen LogP contribution in [0.3, 0.4) is 0 Å². The van der Waals surface area contributed by atoms with Gasteiger partial charge in [-0.25, -0.2) is 13.4 Å². The Labute approximate surface area is 160 Å². The van der Waals surface area contributed by atoms with E-state index < -0.39 is 20.5 Å². The summed E-state index contributed by atoms with van der Waals surface area (Å²) >= 11 is 4.58. The Morgan fingerprint density at radius 2 is 1.92 bits per heavy atom. The number of rotatable bonds is 6. The number of thiazole rings is 1. The molecule has 0 radical (unpaired) electrons. The van der Waals surface area contributed by atoms with Crippen molar-refractivity contribution >= 4 is 48.1 Å². The fraction of sp³-hybridized carbons (Fsp3) is 0.412. The van der Waals surface area contributed by atoms with Crippen molar-refractivity contribution in [3.05, 3.63) is 39.8 Å². The Morgan fingerprint density at radius 3 is 2.48 bits per heavy atom. The van der Waals surface area contributed by atoms with Crippen molar-refractivity contribution in [3.8, 4) is 0 Å². The number of benzene rings is 1. The maximum absolute atomic E-state index is 12.9. The van der Waals surface area contributed by atoms with Gasteiger partial charge in [-0.1, -0.05) is 29.8 Å². The predicted octanol–water partition coefficient (Wildman–Crippen LogP) is 4.61. The lowest BCUT2D eigenvalue weighted by atomic mass is 10.1. The number of amides is 1. The second-order valence-electron chi connectivity index (χ2n) is 6.31. The van der Waals surface area contributed by atoms with E-state index in [4.69, 9.17) is 0 Å². The number of halogens is 1. The molecule has 1 aromatic carbocycles. The van der Waals surface area contributed by atoms with E-state index in [2.05, 4.69) is 40.1 Å². The number of anilines is 1. The van der Waals surface area contributed by atoms with Crippen LogP contribution in [0.15, 0.2) is 39.0 Å². The van der Waals surface area contributed by atoms with Crippen molar-refractivity contribution < 1.29 is 13.2 Å². The largest absolute Gasteiger partial charge is 0.301 e. The Morgan fingerprint density at radius 1 is 1.32 bits per heavy atom. The second kappa shape index (κ2) is 7.55. The molecule has 0 bridgehead atoms. The Kier molecular flexibility index (Phi) is 6.06. The van der Waals surface area contributed by atoms with E-state index in [9.17, 15) is 13.2 Å². The minimum Gasteiger partial charge on any atom is -0.301 e. The molecule has 0 aliphatic rings. The zero-order valence-corrected chi connectivity index (χ0v) is 17.8. The van der Waals surface area contributed by atoms with E-state index in [0.29, 0.717) is 11.0 Å². The third kappa shape index (κ3) is 4.12. The number of sulfone groups is 1. The number of hydrogen-bond donors (Lipinski definition) is 1. The smallest absolute Gasteiger partial charge is 0.247 e. The first-order valence-electron chi connectivity index (χ1n) is 7.86. The number of carbonyl (C=O) groups excluding carboxylic acids is 1. The summed E-state index contributed by atoms with van der Waals surface area (Å²) in [5.41, 5.74) is 0.899. The molecule has 1 atom stereocenters. The van der Waals surface area contributed by atoms with Crippen LogP contribution < -0.4 is 5.32 Å². The highest BCUT2D eigenvalue weighted by Crippen LogP contribution is 2.29. The first kappa shape index (κ1) is 20.1. The fourth-order valence-electron chi connectivity index (χ4n) is 2.06. The van der Waals surface area contributed by atoms with Gasteiger partial charge in [-0.05, 0) is 50.5 Å². The third-order valence-corrected chi connectivity index (χ3v) is 7.93. The molecule has 0 aliphatic carbocycles. The molecule has 1 amide bonds. The number of hydrogen-bond acceptors (Lipinski definition) is 5. The van der Waals surface area contributed by atoms with Crippen molar-refractivity contribution in [1.29, 1.82) is 0 Å². The normalized spacial score (nSPS) is 13.5. The van der Waals surface area contributed by atoms with Gasteiger partial charge in [-0.15, -0.1) is 11.3 Å². The van der Waals surface area contributed by atoms with Crippen LogP contribution in [0.4, 0.5) is 5.13 Å². The Hall–Kier alpha value is -1.25. The monoisotopic (exact) mass is 444 g/mol. The molecule has 0 fully saturated rings. The van der Waals surface area contributed by atoms with Gasteiger partial charge in [-0.2, -0.15) is 0 Å². The van der Waals surface area contributed by atoms with Crippen LogP contribution in [-0.4, -0.2) is 24.1 Å². The number of aromatic nitrogens is 1. The first-order chi connectivity index (χ1) is 11.6. The number of carbonyl (C=O) groups is 1. The van der Waals surface area contributed by atoms with Crippen LogP contribution in [0, 0.1) is 0 Å². The summed E-state index contributed by atoms with van der Waals surface area (Å²) in [6.45, 7) is 6.94. The highest BCUT2D eigenvalue weighted by Gasteiger charge is 2.43. The lowest BCUT2D eigenvalue weighted by molar-refractivity contribution is -0.117. The van der Waals surface area contributed by atoms with Crippen LogP contribution in [0.25, 0.3) is 0 Å². The van der Waals surface area contributed by atoms with Crippen LogP contribution in [-0.2, 0) is 14.6 Å². The lowest BCUT2D eigenvalue weighted by Crippen LogP contribution is -2.44. The van der Waals surface area contributed by atoms with Gasteiger partial charge in [0, 0.05) is 9.85 Å². The van der Waals surface area contributed by atoms with Gasteiger partial charge < -0.3 is 5.32 Å². The standard InChI is InChI=1S/C17H21BrN2O3S2/c1-5-11(2)14-10-24-16(19-14)20-15(21)17(3,4)25(22,23)13-8-6-12(18)7-9-13/h6-11H,5H2,1-4H3,(H,19,20,21). The zero-order chi connectivity index (χ0) is 18.8. The van der Waals surface area contributed by atoms with Gasteiger partial charge in [-0.3, -0.25) is 4.79 Å². The summed E-state index contributed by atoms with van der Waals surface area (Å²) in [5.74, 6) is -0.304. The number of nitrogens with zero attached hydrogens (tertiary/aromatic N) is 1. The van der Waals surface area contributed by atoms with E-state index in [1.54, 1.807) is 12.1 Å². The quantitative estimate of drug-likeness (QED) is 0.705. The fourth-order valence-corrected chi connectivity index (χ4v) is 4.53. The van der Waals surface area contributed by atoms with Gasteiger partial charge in [0.1, 0.15) is 4.75 Å². The summed E-state index contributed by atoms with van der Waals surface area (Å²) in [6.07, 6.45) is 0.945. The summed E-state index contributed by atoms with van der Waals surface area (Å²) in [6, 6.07) is 6.25. The van der Waals surface area contributed by atoms with E-state index in [1.165, 1.54) is 37.3 Å². The molecule has 1 aromatic heterocycles. The molecule has 8 heteroatoms. The van der Waals surface area contributed by atoms with Gasteiger partial charge in [0.2, 0.25) is 5.91 Å². The molecule has 0 saturated carbocycles. The van der Waals surface area contributed by atoms with Gasteiger partial charge >= 0.3 is 0 Å². The van der Waals surface area contributed by atoms with E-state index in [0.717, 1.165) is 16.6 Å². The molecular formula is C17H21BrN2O3S2.